The summed E-state index contributed by atoms with van der Waals surface area (Å²) in [5, 5.41) is 0. The maximum Gasteiger partial charge on any atom is 0.312 e. The third kappa shape index (κ3) is 2.99. The second-order valence-corrected chi connectivity index (χ2v) is 9.27. The molecule has 0 amide bonds. The molecule has 7 unspecified atom stereocenters. The van der Waals surface area contributed by atoms with E-state index in [0.29, 0.717) is 17.8 Å². The molecule has 26 heavy (non-hydrogen) atoms. The molecule has 0 bridgehead atoms. The van der Waals surface area contributed by atoms with Crippen LogP contribution in [0.25, 0.3) is 0 Å². The van der Waals surface area contributed by atoms with Gasteiger partial charge in [-0.25, -0.2) is 0 Å². The predicted molar refractivity (Wildman–Crippen MR) is 100 cm³/mol. The lowest BCUT2D eigenvalue weighted by Gasteiger charge is -2.60. The largest absolute Gasteiger partial charge is 0.469 e. The van der Waals surface area contributed by atoms with Crippen molar-refractivity contribution < 1.29 is 19.1 Å². The Bertz CT molecular complexity index is 585. The summed E-state index contributed by atoms with van der Waals surface area (Å²) in [6.07, 6.45) is 9.38. The highest BCUT2D eigenvalue weighted by molar-refractivity contribution is 5.77. The molecule has 3 fully saturated rings. The van der Waals surface area contributed by atoms with E-state index in [-0.39, 0.29) is 29.4 Å². The molecule has 3 aliphatic carbocycles. The Hall–Kier alpha value is -1.32. The van der Waals surface area contributed by atoms with Crippen molar-refractivity contribution in [1.82, 2.24) is 0 Å². The second kappa shape index (κ2) is 7.01. The molecule has 0 spiro atoms. The van der Waals surface area contributed by atoms with Crippen molar-refractivity contribution >= 4 is 11.9 Å². The predicted octanol–water partition coefficient (Wildman–Crippen LogP) is 4.53. The zero-order chi connectivity index (χ0) is 19.1. The third-order valence-corrected chi connectivity index (χ3v) is 8.11. The number of hydrogen-bond donors (Lipinski definition) is 0. The van der Waals surface area contributed by atoms with E-state index < -0.39 is 5.41 Å². The van der Waals surface area contributed by atoms with Crippen LogP contribution < -0.4 is 0 Å². The molecule has 3 saturated carbocycles. The first-order chi connectivity index (χ1) is 12.3. The fraction of sp³-hybridized carbons (Fsp3) is 0.818. The minimum absolute atomic E-state index is 0.0845. The SMILES string of the molecule is C=CC1C2CCC3CC(OC(C)=O)CCC3(C)C2CCC1(C)C(=O)OC. The summed E-state index contributed by atoms with van der Waals surface area (Å²) in [4.78, 5) is 23.9. The highest BCUT2D eigenvalue weighted by Crippen LogP contribution is 2.63. The number of allylic oxidation sites excluding steroid dienone is 1. The molecule has 0 aromatic carbocycles. The summed E-state index contributed by atoms with van der Waals surface area (Å²) < 4.78 is 10.7. The summed E-state index contributed by atoms with van der Waals surface area (Å²) in [6, 6.07) is 0. The molecule has 0 aliphatic heterocycles. The molecule has 3 rings (SSSR count). The van der Waals surface area contributed by atoms with Crippen LogP contribution in [0.3, 0.4) is 0 Å². The van der Waals surface area contributed by atoms with Crippen LogP contribution in [0.1, 0.15) is 65.7 Å². The van der Waals surface area contributed by atoms with Gasteiger partial charge in [-0.3, -0.25) is 9.59 Å². The monoisotopic (exact) mass is 362 g/mol. The molecule has 0 aromatic heterocycles. The first-order valence-electron chi connectivity index (χ1n) is 10.1. The Morgan fingerprint density at radius 2 is 1.85 bits per heavy atom. The van der Waals surface area contributed by atoms with Gasteiger partial charge in [0.2, 0.25) is 0 Å². The Labute approximate surface area is 157 Å². The number of hydrogen-bond acceptors (Lipinski definition) is 4. The molecule has 4 nitrogen and oxygen atoms in total. The van der Waals surface area contributed by atoms with Crippen LogP contribution in [0.2, 0.25) is 0 Å². The summed E-state index contributed by atoms with van der Waals surface area (Å²) in [5.41, 5.74) is -0.173. The van der Waals surface area contributed by atoms with E-state index in [0.717, 1.165) is 44.9 Å². The average Bonchev–Trinajstić information content (AvgIpc) is 2.60. The number of methoxy groups -OCH3 is 1. The van der Waals surface area contributed by atoms with Crippen molar-refractivity contribution in [3.63, 3.8) is 0 Å². The van der Waals surface area contributed by atoms with E-state index in [2.05, 4.69) is 20.4 Å². The Kier molecular flexibility index (Phi) is 5.24. The van der Waals surface area contributed by atoms with Gasteiger partial charge in [0.25, 0.3) is 0 Å². The van der Waals surface area contributed by atoms with E-state index in [1.807, 2.05) is 6.08 Å². The molecule has 0 saturated heterocycles. The lowest BCUT2D eigenvalue weighted by Crippen LogP contribution is -2.55. The van der Waals surface area contributed by atoms with E-state index in [1.165, 1.54) is 14.0 Å². The number of rotatable bonds is 3. The fourth-order valence-corrected chi connectivity index (χ4v) is 6.72. The van der Waals surface area contributed by atoms with Crippen LogP contribution in [0, 0.1) is 34.5 Å². The van der Waals surface area contributed by atoms with Gasteiger partial charge < -0.3 is 9.47 Å². The van der Waals surface area contributed by atoms with Crippen LogP contribution in [0.5, 0.6) is 0 Å². The Morgan fingerprint density at radius 3 is 2.46 bits per heavy atom. The van der Waals surface area contributed by atoms with Gasteiger partial charge in [0.05, 0.1) is 12.5 Å². The number of ether oxygens (including phenoxy) is 2. The molecule has 0 N–H and O–H groups in total. The summed E-state index contributed by atoms with van der Waals surface area (Å²) in [5.74, 6) is 1.64. The van der Waals surface area contributed by atoms with Gasteiger partial charge in [-0.15, -0.1) is 6.58 Å². The van der Waals surface area contributed by atoms with Crippen molar-refractivity contribution in [2.45, 2.75) is 71.8 Å². The molecule has 3 aliphatic rings. The highest BCUT2D eigenvalue weighted by atomic mass is 16.5. The molecule has 0 heterocycles. The van der Waals surface area contributed by atoms with Gasteiger partial charge in [0, 0.05) is 6.92 Å². The lowest BCUT2D eigenvalue weighted by atomic mass is 9.45. The quantitative estimate of drug-likeness (QED) is 0.547. The lowest BCUT2D eigenvalue weighted by molar-refractivity contribution is -0.170. The average molecular weight is 363 g/mol. The Morgan fingerprint density at radius 1 is 1.12 bits per heavy atom. The van der Waals surface area contributed by atoms with E-state index in [4.69, 9.17) is 9.47 Å². The van der Waals surface area contributed by atoms with Gasteiger partial charge in [-0.1, -0.05) is 13.0 Å². The maximum atomic E-state index is 12.5. The normalized spacial score (nSPS) is 45.0. The minimum atomic E-state index is -0.449. The zero-order valence-electron chi connectivity index (χ0n) is 16.8. The number of fused-ring (bicyclic) bond motifs is 3. The Balaban J connectivity index is 1.82. The number of carbonyl (C=O) groups excluding carboxylic acids is 2. The zero-order valence-corrected chi connectivity index (χ0v) is 16.8. The van der Waals surface area contributed by atoms with E-state index in [1.54, 1.807) is 0 Å². The molecular formula is C22H34O4. The van der Waals surface area contributed by atoms with Crippen molar-refractivity contribution in [2.24, 2.45) is 34.5 Å². The topological polar surface area (TPSA) is 52.6 Å². The number of esters is 2. The molecule has 146 valence electrons. The first kappa shape index (κ1) is 19.4. The summed E-state index contributed by atoms with van der Waals surface area (Å²) in [7, 11) is 1.49. The first-order valence-corrected chi connectivity index (χ1v) is 10.1. The molecular weight excluding hydrogens is 328 g/mol. The van der Waals surface area contributed by atoms with Gasteiger partial charge in [-0.2, -0.15) is 0 Å². The molecule has 4 heteroatoms. The van der Waals surface area contributed by atoms with Crippen molar-refractivity contribution in [2.75, 3.05) is 7.11 Å². The smallest absolute Gasteiger partial charge is 0.312 e. The third-order valence-electron chi connectivity index (χ3n) is 8.11. The standard InChI is InChI=1S/C22H34O4/c1-6-18-17-8-7-15-13-16(26-14(2)23)9-11-21(15,3)19(17)10-12-22(18,4)20(24)25-5/h6,15-19H,1,7-13H2,2-5H3. The van der Waals surface area contributed by atoms with Gasteiger partial charge in [0.15, 0.2) is 0 Å². The van der Waals surface area contributed by atoms with E-state index in [9.17, 15) is 9.59 Å². The van der Waals surface area contributed by atoms with Crippen molar-refractivity contribution in [1.29, 1.82) is 0 Å². The van der Waals surface area contributed by atoms with Crippen molar-refractivity contribution in [3.05, 3.63) is 12.7 Å². The second-order valence-electron chi connectivity index (χ2n) is 9.27. The van der Waals surface area contributed by atoms with Crippen molar-refractivity contribution in [3.8, 4) is 0 Å². The molecule has 0 radical (unpaired) electrons. The van der Waals surface area contributed by atoms with Crippen LogP contribution in [0.4, 0.5) is 0 Å². The minimum Gasteiger partial charge on any atom is -0.469 e. The molecule has 0 aromatic rings. The van der Waals surface area contributed by atoms with Gasteiger partial charge >= 0.3 is 11.9 Å². The van der Waals surface area contributed by atoms with Crippen LogP contribution >= 0.6 is 0 Å². The number of carbonyl (C=O) groups is 2. The van der Waals surface area contributed by atoms with Gasteiger partial charge in [0.1, 0.15) is 6.10 Å². The maximum absolute atomic E-state index is 12.5. The fourth-order valence-electron chi connectivity index (χ4n) is 6.72. The summed E-state index contributed by atoms with van der Waals surface area (Å²) in [6.45, 7) is 10.1. The van der Waals surface area contributed by atoms with Crippen LogP contribution in [0.15, 0.2) is 12.7 Å². The van der Waals surface area contributed by atoms with Crippen LogP contribution in [-0.2, 0) is 19.1 Å². The highest BCUT2D eigenvalue weighted by Gasteiger charge is 2.58. The van der Waals surface area contributed by atoms with Crippen LogP contribution in [-0.4, -0.2) is 25.2 Å². The van der Waals surface area contributed by atoms with Gasteiger partial charge in [-0.05, 0) is 81.0 Å². The molecule has 7 atom stereocenters. The van der Waals surface area contributed by atoms with E-state index >= 15 is 0 Å². The summed E-state index contributed by atoms with van der Waals surface area (Å²) >= 11 is 0.